The Morgan fingerprint density at radius 3 is 2.52 bits per heavy atom. The number of para-hydroxylation sites is 2. The molecule has 0 saturated carbocycles. The van der Waals surface area contributed by atoms with Gasteiger partial charge in [-0.1, -0.05) is 36.4 Å². The zero-order chi connectivity index (χ0) is 20.4. The average molecular weight is 383 g/mol. The van der Waals surface area contributed by atoms with E-state index >= 15 is 0 Å². The van der Waals surface area contributed by atoms with Gasteiger partial charge < -0.3 is 0 Å². The summed E-state index contributed by atoms with van der Waals surface area (Å²) in [6.45, 7) is 1.95. The smallest absolute Gasteiger partial charge is 0.268 e. The normalized spacial score (nSPS) is 11.2. The third-order valence-electron chi connectivity index (χ3n) is 4.61. The highest BCUT2D eigenvalue weighted by Gasteiger charge is 2.13. The minimum atomic E-state index is -0.429. The van der Waals surface area contributed by atoms with Gasteiger partial charge in [0.05, 0.1) is 27.1 Å². The van der Waals surface area contributed by atoms with Gasteiger partial charge in [-0.15, -0.1) is 0 Å². The maximum Gasteiger partial charge on any atom is 0.276 e. The van der Waals surface area contributed by atoms with Crippen molar-refractivity contribution in [3.8, 4) is 5.69 Å². The first kappa shape index (κ1) is 18.3. The number of hydrogen-bond donors (Lipinski definition) is 0. The highest BCUT2D eigenvalue weighted by atomic mass is 16.6. The van der Waals surface area contributed by atoms with Crippen molar-refractivity contribution in [2.45, 2.75) is 6.92 Å². The number of aromatic nitrogens is 2. The van der Waals surface area contributed by atoms with Crippen molar-refractivity contribution in [2.75, 3.05) is 0 Å². The molecule has 0 bridgehead atoms. The highest BCUT2D eigenvalue weighted by molar-refractivity contribution is 5.80. The average Bonchev–Trinajstić information content (AvgIpc) is 2.72. The van der Waals surface area contributed by atoms with Gasteiger partial charge in [-0.05, 0) is 55.0 Å². The van der Waals surface area contributed by atoms with Crippen molar-refractivity contribution in [3.05, 3.63) is 110 Å². The van der Waals surface area contributed by atoms with Crippen LogP contribution in [0.2, 0.25) is 0 Å². The standard InChI is InChI=1S/C23H17N3O3/c1-16-7-6-9-18(15-16)25-22(24-20-11-4-3-10-19(20)23(25)27)14-13-17-8-2-5-12-21(17)26(28)29/h2-15H,1H3/b14-13+. The lowest BCUT2D eigenvalue weighted by Crippen LogP contribution is -2.22. The van der Waals surface area contributed by atoms with Gasteiger partial charge in [-0.2, -0.15) is 0 Å². The van der Waals surface area contributed by atoms with Gasteiger partial charge in [0.15, 0.2) is 0 Å². The van der Waals surface area contributed by atoms with E-state index < -0.39 is 4.92 Å². The van der Waals surface area contributed by atoms with Crippen LogP contribution in [-0.4, -0.2) is 14.5 Å². The predicted octanol–water partition coefficient (Wildman–Crippen LogP) is 4.77. The second kappa shape index (κ2) is 7.52. The molecule has 6 nitrogen and oxygen atoms in total. The summed E-state index contributed by atoms with van der Waals surface area (Å²) < 4.78 is 1.53. The van der Waals surface area contributed by atoms with Gasteiger partial charge in [0, 0.05) is 6.07 Å². The fourth-order valence-corrected chi connectivity index (χ4v) is 3.24. The molecule has 6 heteroatoms. The molecule has 0 spiro atoms. The summed E-state index contributed by atoms with van der Waals surface area (Å²) in [6.07, 6.45) is 3.25. The zero-order valence-corrected chi connectivity index (χ0v) is 15.6. The predicted molar refractivity (Wildman–Crippen MR) is 114 cm³/mol. The van der Waals surface area contributed by atoms with Crippen LogP contribution >= 0.6 is 0 Å². The Morgan fingerprint density at radius 2 is 1.72 bits per heavy atom. The first-order valence-corrected chi connectivity index (χ1v) is 9.05. The molecular weight excluding hydrogens is 366 g/mol. The van der Waals surface area contributed by atoms with Crippen molar-refractivity contribution in [1.29, 1.82) is 0 Å². The van der Waals surface area contributed by atoms with Crippen LogP contribution in [0.3, 0.4) is 0 Å². The van der Waals surface area contributed by atoms with Crippen molar-refractivity contribution < 1.29 is 4.92 Å². The van der Waals surface area contributed by atoms with E-state index in [1.807, 2.05) is 37.3 Å². The molecule has 142 valence electrons. The van der Waals surface area contributed by atoms with Gasteiger partial charge in [0.2, 0.25) is 0 Å². The molecule has 0 saturated heterocycles. The van der Waals surface area contributed by atoms with Crippen LogP contribution in [0.1, 0.15) is 17.0 Å². The van der Waals surface area contributed by atoms with Crippen LogP contribution in [0.25, 0.3) is 28.7 Å². The van der Waals surface area contributed by atoms with E-state index in [9.17, 15) is 14.9 Å². The molecular formula is C23H17N3O3. The van der Waals surface area contributed by atoms with E-state index in [1.54, 1.807) is 48.6 Å². The monoisotopic (exact) mass is 383 g/mol. The Hall–Kier alpha value is -4.06. The van der Waals surface area contributed by atoms with Crippen molar-refractivity contribution in [3.63, 3.8) is 0 Å². The summed E-state index contributed by atoms with van der Waals surface area (Å²) in [7, 11) is 0. The Balaban J connectivity index is 1.95. The summed E-state index contributed by atoms with van der Waals surface area (Å²) in [4.78, 5) is 28.7. The Kier molecular flexibility index (Phi) is 4.75. The zero-order valence-electron chi connectivity index (χ0n) is 15.6. The number of hydrogen-bond acceptors (Lipinski definition) is 4. The van der Waals surface area contributed by atoms with Gasteiger partial charge in [-0.25, -0.2) is 4.98 Å². The van der Waals surface area contributed by atoms with E-state index in [4.69, 9.17) is 0 Å². The number of nitrogens with zero attached hydrogens (tertiary/aromatic N) is 3. The molecule has 0 aliphatic carbocycles. The SMILES string of the molecule is Cc1cccc(-n2c(/C=C/c3ccccc3[N+](=O)[O-])nc3ccccc3c2=O)c1. The van der Waals surface area contributed by atoms with Gasteiger partial charge in [-0.3, -0.25) is 19.5 Å². The van der Waals surface area contributed by atoms with Crippen LogP contribution in [0.15, 0.2) is 77.6 Å². The second-order valence-electron chi connectivity index (χ2n) is 6.62. The number of rotatable bonds is 4. The number of fused-ring (bicyclic) bond motifs is 1. The van der Waals surface area contributed by atoms with Gasteiger partial charge in [0.25, 0.3) is 11.2 Å². The first-order chi connectivity index (χ1) is 14.0. The fourth-order valence-electron chi connectivity index (χ4n) is 3.24. The Bertz CT molecular complexity index is 1320. The summed E-state index contributed by atoms with van der Waals surface area (Å²) in [6, 6.07) is 21.2. The molecule has 0 aliphatic heterocycles. The molecule has 4 rings (SSSR count). The quantitative estimate of drug-likeness (QED) is 0.375. The van der Waals surface area contributed by atoms with E-state index in [0.29, 0.717) is 28.0 Å². The van der Waals surface area contributed by atoms with Crippen molar-refractivity contribution in [1.82, 2.24) is 9.55 Å². The van der Waals surface area contributed by atoms with E-state index in [1.165, 1.54) is 10.6 Å². The molecule has 0 aliphatic rings. The van der Waals surface area contributed by atoms with Crippen LogP contribution < -0.4 is 5.56 Å². The summed E-state index contributed by atoms with van der Waals surface area (Å²) in [5.74, 6) is 0.400. The van der Waals surface area contributed by atoms with Crippen LogP contribution in [0.5, 0.6) is 0 Å². The van der Waals surface area contributed by atoms with Crippen molar-refractivity contribution in [2.24, 2.45) is 0 Å². The molecule has 0 N–H and O–H groups in total. The minimum Gasteiger partial charge on any atom is -0.268 e. The third-order valence-corrected chi connectivity index (χ3v) is 4.61. The van der Waals surface area contributed by atoms with Crippen LogP contribution in [0, 0.1) is 17.0 Å². The molecule has 29 heavy (non-hydrogen) atoms. The van der Waals surface area contributed by atoms with E-state index in [0.717, 1.165) is 5.56 Å². The largest absolute Gasteiger partial charge is 0.276 e. The molecule has 3 aromatic carbocycles. The number of nitro benzene ring substituents is 1. The number of nitro groups is 1. The lowest BCUT2D eigenvalue weighted by atomic mass is 10.1. The number of aryl methyl sites for hydroxylation is 1. The molecule has 4 aromatic rings. The summed E-state index contributed by atoms with van der Waals surface area (Å²) in [5.41, 5.74) is 2.52. The van der Waals surface area contributed by atoms with Crippen LogP contribution in [-0.2, 0) is 0 Å². The molecule has 0 amide bonds. The summed E-state index contributed by atoms with van der Waals surface area (Å²) in [5, 5.41) is 11.8. The Labute approximate surface area is 166 Å². The summed E-state index contributed by atoms with van der Waals surface area (Å²) >= 11 is 0. The molecule has 0 atom stereocenters. The second-order valence-corrected chi connectivity index (χ2v) is 6.62. The lowest BCUT2D eigenvalue weighted by molar-refractivity contribution is -0.385. The van der Waals surface area contributed by atoms with Crippen LogP contribution in [0.4, 0.5) is 5.69 Å². The third kappa shape index (κ3) is 3.55. The van der Waals surface area contributed by atoms with Gasteiger partial charge in [0.1, 0.15) is 5.82 Å². The first-order valence-electron chi connectivity index (χ1n) is 9.05. The van der Waals surface area contributed by atoms with Gasteiger partial charge >= 0.3 is 0 Å². The fraction of sp³-hybridized carbons (Fsp3) is 0.0435. The molecule has 1 aromatic heterocycles. The van der Waals surface area contributed by atoms with E-state index in [-0.39, 0.29) is 11.2 Å². The van der Waals surface area contributed by atoms with E-state index in [2.05, 4.69) is 4.98 Å². The highest BCUT2D eigenvalue weighted by Crippen LogP contribution is 2.21. The molecule has 1 heterocycles. The lowest BCUT2D eigenvalue weighted by Gasteiger charge is -2.12. The number of benzene rings is 3. The topological polar surface area (TPSA) is 78.0 Å². The van der Waals surface area contributed by atoms with Crippen molar-refractivity contribution >= 4 is 28.7 Å². The molecule has 0 unspecified atom stereocenters. The Morgan fingerprint density at radius 1 is 0.966 bits per heavy atom. The molecule has 0 radical (unpaired) electrons. The maximum absolute atomic E-state index is 13.2. The minimum absolute atomic E-state index is 0.00556. The maximum atomic E-state index is 13.2. The molecule has 0 fully saturated rings.